The lowest BCUT2D eigenvalue weighted by molar-refractivity contribution is 0.0671. The summed E-state index contributed by atoms with van der Waals surface area (Å²) in [4.78, 5) is 14.2. The fourth-order valence-corrected chi connectivity index (χ4v) is 2.86. The molecule has 0 saturated carbocycles. The van der Waals surface area contributed by atoms with E-state index in [2.05, 4.69) is 5.10 Å². The van der Waals surface area contributed by atoms with Gasteiger partial charge in [-0.15, -0.1) is 0 Å². The third kappa shape index (κ3) is 2.62. The number of aliphatic hydroxyl groups excluding tert-OH is 1. The largest absolute Gasteiger partial charge is 0.394 e. The maximum absolute atomic E-state index is 13.0. The van der Waals surface area contributed by atoms with E-state index in [4.69, 9.17) is 0 Å². The molecule has 6 heteroatoms. The van der Waals surface area contributed by atoms with E-state index in [1.165, 1.54) is 12.1 Å². The summed E-state index contributed by atoms with van der Waals surface area (Å²) in [5.74, 6) is -0.478. The minimum atomic E-state index is -0.312. The second-order valence-corrected chi connectivity index (χ2v) is 5.54. The van der Waals surface area contributed by atoms with Crippen LogP contribution in [0.25, 0.3) is 5.69 Å². The van der Waals surface area contributed by atoms with Gasteiger partial charge in [0.25, 0.3) is 5.91 Å². The van der Waals surface area contributed by atoms with Crippen molar-refractivity contribution in [2.75, 3.05) is 13.2 Å². The summed E-state index contributed by atoms with van der Waals surface area (Å²) >= 11 is 0. The molecule has 0 aliphatic carbocycles. The fraction of sp³-hybridized carbons (Fsp3) is 0.375. The molecule has 1 fully saturated rings. The predicted octanol–water partition coefficient (Wildman–Crippen LogP) is 1.92. The molecule has 116 valence electrons. The molecule has 1 aromatic carbocycles. The highest BCUT2D eigenvalue weighted by molar-refractivity contribution is 5.93. The highest BCUT2D eigenvalue weighted by atomic mass is 19.1. The number of aryl methyl sites for hydroxylation is 1. The Hall–Kier alpha value is -2.21. The molecule has 0 radical (unpaired) electrons. The molecular weight excluding hydrogens is 285 g/mol. The Labute approximate surface area is 128 Å². The van der Waals surface area contributed by atoms with Gasteiger partial charge in [0.05, 0.1) is 18.3 Å². The molecule has 5 nitrogen and oxygen atoms in total. The van der Waals surface area contributed by atoms with Crippen LogP contribution in [0.4, 0.5) is 4.39 Å². The van der Waals surface area contributed by atoms with E-state index in [1.807, 2.05) is 6.92 Å². The van der Waals surface area contributed by atoms with Crippen LogP contribution in [0.3, 0.4) is 0 Å². The van der Waals surface area contributed by atoms with E-state index in [0.29, 0.717) is 17.9 Å². The number of carbonyl (C=O) groups excluding carboxylic acids is 1. The van der Waals surface area contributed by atoms with E-state index in [-0.39, 0.29) is 24.4 Å². The number of aliphatic hydroxyl groups is 1. The van der Waals surface area contributed by atoms with E-state index in [0.717, 1.165) is 18.5 Å². The van der Waals surface area contributed by atoms with Crippen molar-refractivity contribution in [3.63, 3.8) is 0 Å². The summed E-state index contributed by atoms with van der Waals surface area (Å²) in [6, 6.07) is 7.56. The molecule has 1 N–H and O–H groups in total. The SMILES string of the molecule is Cc1cc(C(=O)N2CCC[C@@H]2CO)nn1-c1ccc(F)cc1. The average molecular weight is 303 g/mol. The minimum Gasteiger partial charge on any atom is -0.394 e. The number of nitrogens with zero attached hydrogens (tertiary/aromatic N) is 3. The zero-order valence-electron chi connectivity index (χ0n) is 12.4. The predicted molar refractivity (Wildman–Crippen MR) is 79.4 cm³/mol. The third-order valence-corrected chi connectivity index (χ3v) is 4.03. The molecule has 1 amide bonds. The van der Waals surface area contributed by atoms with Gasteiger partial charge >= 0.3 is 0 Å². The van der Waals surface area contributed by atoms with Crippen LogP contribution in [-0.4, -0.2) is 44.9 Å². The number of amides is 1. The second kappa shape index (κ2) is 5.88. The molecule has 22 heavy (non-hydrogen) atoms. The molecule has 1 aromatic heterocycles. The Morgan fingerprint density at radius 2 is 2.14 bits per heavy atom. The average Bonchev–Trinajstić information content (AvgIpc) is 3.14. The molecule has 2 heterocycles. The standard InChI is InChI=1S/C16H18FN3O2/c1-11-9-15(16(22)19-8-2-3-14(19)10-21)18-20(11)13-6-4-12(17)5-7-13/h4-7,9,14,21H,2-3,8,10H2,1H3/t14-/m1/s1. The molecule has 2 aromatic rings. The summed E-state index contributed by atoms with van der Waals surface area (Å²) in [5.41, 5.74) is 1.86. The van der Waals surface area contributed by atoms with Gasteiger partial charge in [-0.3, -0.25) is 4.79 Å². The quantitative estimate of drug-likeness (QED) is 0.942. The van der Waals surface area contributed by atoms with Gasteiger partial charge in [-0.2, -0.15) is 5.10 Å². The Balaban J connectivity index is 1.88. The highest BCUT2D eigenvalue weighted by Gasteiger charge is 2.30. The number of hydrogen-bond acceptors (Lipinski definition) is 3. The van der Waals surface area contributed by atoms with Gasteiger partial charge in [-0.05, 0) is 50.1 Å². The molecule has 0 spiro atoms. The normalized spacial score (nSPS) is 18.0. The van der Waals surface area contributed by atoms with Crippen LogP contribution < -0.4 is 0 Å². The van der Waals surface area contributed by atoms with Crippen molar-refractivity contribution in [2.24, 2.45) is 0 Å². The smallest absolute Gasteiger partial charge is 0.274 e. The van der Waals surface area contributed by atoms with Gasteiger partial charge in [0.15, 0.2) is 5.69 Å². The van der Waals surface area contributed by atoms with Crippen molar-refractivity contribution in [1.29, 1.82) is 0 Å². The number of halogens is 1. The monoisotopic (exact) mass is 303 g/mol. The maximum atomic E-state index is 13.0. The van der Waals surface area contributed by atoms with Crippen LogP contribution in [0.2, 0.25) is 0 Å². The third-order valence-electron chi connectivity index (χ3n) is 4.03. The molecule has 1 aliphatic rings. The van der Waals surface area contributed by atoms with Crippen molar-refractivity contribution < 1.29 is 14.3 Å². The maximum Gasteiger partial charge on any atom is 0.274 e. The van der Waals surface area contributed by atoms with E-state index in [1.54, 1.807) is 27.8 Å². The van der Waals surface area contributed by atoms with Gasteiger partial charge in [-0.1, -0.05) is 0 Å². The number of aromatic nitrogens is 2. The first-order valence-corrected chi connectivity index (χ1v) is 7.34. The summed E-state index contributed by atoms with van der Waals surface area (Å²) in [7, 11) is 0. The number of rotatable bonds is 3. The number of carbonyl (C=O) groups is 1. The Kier molecular flexibility index (Phi) is 3.94. The van der Waals surface area contributed by atoms with Crippen LogP contribution in [0.5, 0.6) is 0 Å². The zero-order chi connectivity index (χ0) is 15.7. The summed E-state index contributed by atoms with van der Waals surface area (Å²) in [6.45, 7) is 2.47. The first kappa shape index (κ1) is 14.7. The van der Waals surface area contributed by atoms with Gasteiger partial charge in [-0.25, -0.2) is 9.07 Å². The van der Waals surface area contributed by atoms with Gasteiger partial charge in [0, 0.05) is 12.2 Å². The van der Waals surface area contributed by atoms with E-state index >= 15 is 0 Å². The lowest BCUT2D eigenvalue weighted by atomic mass is 10.2. The Morgan fingerprint density at radius 3 is 2.82 bits per heavy atom. The Morgan fingerprint density at radius 1 is 1.41 bits per heavy atom. The molecular formula is C16H18FN3O2. The van der Waals surface area contributed by atoms with Crippen molar-refractivity contribution in [2.45, 2.75) is 25.8 Å². The van der Waals surface area contributed by atoms with Crippen molar-refractivity contribution in [3.8, 4) is 5.69 Å². The van der Waals surface area contributed by atoms with Crippen LogP contribution in [-0.2, 0) is 0 Å². The first-order chi connectivity index (χ1) is 10.6. The zero-order valence-corrected chi connectivity index (χ0v) is 12.4. The summed E-state index contributed by atoms with van der Waals surface area (Å²) in [5, 5.41) is 13.7. The van der Waals surface area contributed by atoms with Crippen LogP contribution >= 0.6 is 0 Å². The summed E-state index contributed by atoms with van der Waals surface area (Å²) < 4.78 is 14.6. The first-order valence-electron chi connectivity index (χ1n) is 7.34. The van der Waals surface area contributed by atoms with Crippen molar-refractivity contribution >= 4 is 5.91 Å². The molecule has 3 rings (SSSR count). The number of hydrogen-bond donors (Lipinski definition) is 1. The van der Waals surface area contributed by atoms with Gasteiger partial charge in [0.2, 0.25) is 0 Å². The van der Waals surface area contributed by atoms with Crippen molar-refractivity contribution in [3.05, 3.63) is 47.5 Å². The molecule has 1 atom stereocenters. The van der Waals surface area contributed by atoms with Crippen LogP contribution in [0, 0.1) is 12.7 Å². The fourth-order valence-electron chi connectivity index (χ4n) is 2.86. The lowest BCUT2D eigenvalue weighted by Crippen LogP contribution is -2.37. The van der Waals surface area contributed by atoms with Crippen LogP contribution in [0.15, 0.2) is 30.3 Å². The number of likely N-dealkylation sites (tertiary alicyclic amines) is 1. The topological polar surface area (TPSA) is 58.4 Å². The van der Waals surface area contributed by atoms with E-state index in [9.17, 15) is 14.3 Å². The van der Waals surface area contributed by atoms with E-state index < -0.39 is 0 Å². The van der Waals surface area contributed by atoms with Crippen molar-refractivity contribution in [1.82, 2.24) is 14.7 Å². The number of benzene rings is 1. The molecule has 1 aliphatic heterocycles. The lowest BCUT2D eigenvalue weighted by Gasteiger charge is -2.21. The summed E-state index contributed by atoms with van der Waals surface area (Å²) in [6.07, 6.45) is 1.72. The highest BCUT2D eigenvalue weighted by Crippen LogP contribution is 2.20. The molecule has 1 saturated heterocycles. The molecule has 0 unspecified atom stereocenters. The second-order valence-electron chi connectivity index (χ2n) is 5.54. The minimum absolute atomic E-state index is 0.0244. The Bertz CT molecular complexity index is 681. The van der Waals surface area contributed by atoms with Gasteiger partial charge in [0.1, 0.15) is 5.82 Å². The van der Waals surface area contributed by atoms with Gasteiger partial charge < -0.3 is 10.0 Å². The molecule has 0 bridgehead atoms. The van der Waals surface area contributed by atoms with Crippen LogP contribution in [0.1, 0.15) is 29.0 Å².